The summed E-state index contributed by atoms with van der Waals surface area (Å²) in [6.45, 7) is 2.11. The van der Waals surface area contributed by atoms with Crippen molar-refractivity contribution in [1.82, 2.24) is 9.38 Å². The van der Waals surface area contributed by atoms with Crippen molar-refractivity contribution in [2.24, 2.45) is 0 Å². The summed E-state index contributed by atoms with van der Waals surface area (Å²) in [6.07, 6.45) is 3.65. The van der Waals surface area contributed by atoms with Crippen molar-refractivity contribution in [2.45, 2.75) is 19.8 Å². The van der Waals surface area contributed by atoms with Gasteiger partial charge in [-0.2, -0.15) is 0 Å². The second-order valence-electron chi connectivity index (χ2n) is 3.21. The number of imidazole rings is 1. The molecule has 0 bridgehead atoms. The maximum Gasteiger partial charge on any atom is 0.132 e. The summed E-state index contributed by atoms with van der Waals surface area (Å²) in [4.78, 5) is 4.39. The summed E-state index contributed by atoms with van der Waals surface area (Å²) in [7, 11) is 0. The van der Waals surface area contributed by atoms with Gasteiger partial charge in [0.1, 0.15) is 16.2 Å². The Bertz CT molecular complexity index is 464. The molecule has 74 valence electrons. The van der Waals surface area contributed by atoms with Crippen molar-refractivity contribution >= 4 is 21.4 Å². The summed E-state index contributed by atoms with van der Waals surface area (Å²) >= 11 is 3.40. The molecule has 0 fully saturated rings. The standard InChI is InChI=1S/C10H11BrN2O/c1-2-3-9-12-10(11)8-5-4-7(14)6-13(8)9/h4-6,14H,2-3H2,1H3. The zero-order chi connectivity index (χ0) is 10.1. The van der Waals surface area contributed by atoms with Crippen LogP contribution in [0.25, 0.3) is 5.52 Å². The van der Waals surface area contributed by atoms with Crippen LogP contribution in [0.3, 0.4) is 0 Å². The minimum atomic E-state index is 0.264. The highest BCUT2D eigenvalue weighted by molar-refractivity contribution is 9.10. The maximum absolute atomic E-state index is 9.37. The molecule has 2 aromatic rings. The van der Waals surface area contributed by atoms with Crippen molar-refractivity contribution in [3.63, 3.8) is 0 Å². The van der Waals surface area contributed by atoms with Crippen LogP contribution < -0.4 is 0 Å². The monoisotopic (exact) mass is 254 g/mol. The first-order valence-electron chi connectivity index (χ1n) is 4.58. The second-order valence-corrected chi connectivity index (χ2v) is 3.96. The molecule has 0 saturated carbocycles. The van der Waals surface area contributed by atoms with Gasteiger partial charge in [-0.05, 0) is 34.5 Å². The molecule has 0 spiro atoms. The Morgan fingerprint density at radius 1 is 1.50 bits per heavy atom. The van der Waals surface area contributed by atoms with Crippen LogP contribution in [0.1, 0.15) is 19.2 Å². The van der Waals surface area contributed by atoms with E-state index in [4.69, 9.17) is 0 Å². The first-order chi connectivity index (χ1) is 6.72. The Morgan fingerprint density at radius 2 is 2.29 bits per heavy atom. The van der Waals surface area contributed by atoms with Gasteiger partial charge in [0.05, 0.1) is 11.7 Å². The summed E-state index contributed by atoms with van der Waals surface area (Å²) in [5.41, 5.74) is 0.992. The van der Waals surface area contributed by atoms with Gasteiger partial charge in [0.25, 0.3) is 0 Å². The molecule has 0 unspecified atom stereocenters. The largest absolute Gasteiger partial charge is 0.506 e. The van der Waals surface area contributed by atoms with Crippen LogP contribution in [0.5, 0.6) is 5.75 Å². The smallest absolute Gasteiger partial charge is 0.132 e. The van der Waals surface area contributed by atoms with Crippen molar-refractivity contribution in [3.8, 4) is 5.75 Å². The number of aromatic nitrogens is 2. The Balaban J connectivity index is 2.66. The van der Waals surface area contributed by atoms with Crippen LogP contribution in [0.2, 0.25) is 0 Å². The quantitative estimate of drug-likeness (QED) is 0.895. The molecule has 2 aromatic heterocycles. The summed E-state index contributed by atoms with van der Waals surface area (Å²) < 4.78 is 2.75. The van der Waals surface area contributed by atoms with E-state index in [1.165, 1.54) is 0 Å². The summed E-state index contributed by atoms with van der Waals surface area (Å²) in [5, 5.41) is 9.37. The van der Waals surface area contributed by atoms with E-state index in [1.54, 1.807) is 12.3 Å². The fourth-order valence-electron chi connectivity index (χ4n) is 1.50. The SMILES string of the molecule is CCCc1nc(Br)c2ccc(O)cn12. The molecule has 2 rings (SSSR count). The Morgan fingerprint density at radius 3 is 3.00 bits per heavy atom. The van der Waals surface area contributed by atoms with E-state index in [2.05, 4.69) is 27.8 Å². The number of fused-ring (bicyclic) bond motifs is 1. The molecule has 0 aliphatic rings. The van der Waals surface area contributed by atoms with E-state index >= 15 is 0 Å². The van der Waals surface area contributed by atoms with E-state index in [1.807, 2.05) is 10.5 Å². The molecule has 0 amide bonds. The topological polar surface area (TPSA) is 37.5 Å². The van der Waals surface area contributed by atoms with Gasteiger partial charge in [0.2, 0.25) is 0 Å². The molecule has 4 heteroatoms. The number of aromatic hydroxyl groups is 1. The average molecular weight is 255 g/mol. The third kappa shape index (κ3) is 1.50. The van der Waals surface area contributed by atoms with Gasteiger partial charge in [0.15, 0.2) is 0 Å². The van der Waals surface area contributed by atoms with Crippen molar-refractivity contribution < 1.29 is 5.11 Å². The molecular weight excluding hydrogens is 244 g/mol. The Hall–Kier alpha value is -1.03. The molecule has 0 radical (unpaired) electrons. The van der Waals surface area contributed by atoms with Gasteiger partial charge in [-0.25, -0.2) is 4.98 Å². The molecule has 1 N–H and O–H groups in total. The molecule has 0 atom stereocenters. The highest BCUT2D eigenvalue weighted by Gasteiger charge is 2.07. The first-order valence-corrected chi connectivity index (χ1v) is 5.37. The zero-order valence-corrected chi connectivity index (χ0v) is 9.45. The van der Waals surface area contributed by atoms with Crippen LogP contribution in [0.4, 0.5) is 0 Å². The molecule has 0 aliphatic heterocycles. The van der Waals surface area contributed by atoms with Crippen LogP contribution in [0, 0.1) is 0 Å². The van der Waals surface area contributed by atoms with Gasteiger partial charge >= 0.3 is 0 Å². The van der Waals surface area contributed by atoms with Gasteiger partial charge in [0, 0.05) is 6.42 Å². The van der Waals surface area contributed by atoms with E-state index in [-0.39, 0.29) is 5.75 Å². The first kappa shape index (κ1) is 9.52. The second kappa shape index (κ2) is 3.61. The zero-order valence-electron chi connectivity index (χ0n) is 7.87. The third-order valence-corrected chi connectivity index (χ3v) is 2.71. The number of aryl methyl sites for hydroxylation is 1. The Kier molecular flexibility index (Phi) is 2.46. The Labute approximate surface area is 90.5 Å². The summed E-state index contributed by atoms with van der Waals surface area (Å²) in [6, 6.07) is 3.52. The number of pyridine rings is 1. The number of nitrogens with zero attached hydrogens (tertiary/aromatic N) is 2. The number of halogens is 1. The van der Waals surface area contributed by atoms with Gasteiger partial charge in [-0.3, -0.25) is 4.40 Å². The van der Waals surface area contributed by atoms with E-state index < -0.39 is 0 Å². The normalized spacial score (nSPS) is 11.0. The molecular formula is C10H11BrN2O. The molecule has 2 heterocycles. The predicted octanol–water partition coefficient (Wildman–Crippen LogP) is 2.75. The molecule has 3 nitrogen and oxygen atoms in total. The lowest BCUT2D eigenvalue weighted by atomic mass is 10.3. The van der Waals surface area contributed by atoms with Gasteiger partial charge in [-0.15, -0.1) is 0 Å². The number of rotatable bonds is 2. The van der Waals surface area contributed by atoms with Crippen LogP contribution in [-0.2, 0) is 6.42 Å². The van der Waals surface area contributed by atoms with E-state index in [0.29, 0.717) is 0 Å². The fourth-order valence-corrected chi connectivity index (χ4v) is 2.02. The van der Waals surface area contributed by atoms with Crippen LogP contribution in [-0.4, -0.2) is 14.5 Å². The number of hydrogen-bond acceptors (Lipinski definition) is 2. The van der Waals surface area contributed by atoms with Crippen LogP contribution >= 0.6 is 15.9 Å². The van der Waals surface area contributed by atoms with E-state index in [9.17, 15) is 5.11 Å². The highest BCUT2D eigenvalue weighted by Crippen LogP contribution is 2.22. The van der Waals surface area contributed by atoms with Crippen molar-refractivity contribution in [2.75, 3.05) is 0 Å². The van der Waals surface area contributed by atoms with Gasteiger partial charge < -0.3 is 5.11 Å². The lowest BCUT2D eigenvalue weighted by molar-refractivity contribution is 0.471. The van der Waals surface area contributed by atoms with E-state index in [0.717, 1.165) is 28.8 Å². The lowest BCUT2D eigenvalue weighted by Gasteiger charge is -1.99. The van der Waals surface area contributed by atoms with Crippen molar-refractivity contribution in [3.05, 3.63) is 28.8 Å². The minimum absolute atomic E-state index is 0.264. The summed E-state index contributed by atoms with van der Waals surface area (Å²) in [5.74, 6) is 1.24. The maximum atomic E-state index is 9.37. The van der Waals surface area contributed by atoms with Crippen molar-refractivity contribution in [1.29, 1.82) is 0 Å². The molecule has 0 saturated heterocycles. The third-order valence-electron chi connectivity index (χ3n) is 2.12. The van der Waals surface area contributed by atoms with Gasteiger partial charge in [-0.1, -0.05) is 6.92 Å². The molecule has 14 heavy (non-hydrogen) atoms. The van der Waals surface area contributed by atoms with Crippen LogP contribution in [0.15, 0.2) is 22.9 Å². The minimum Gasteiger partial charge on any atom is -0.506 e. The molecule has 0 aromatic carbocycles. The average Bonchev–Trinajstić information content (AvgIpc) is 2.44. The highest BCUT2D eigenvalue weighted by atomic mass is 79.9. The molecule has 0 aliphatic carbocycles. The number of hydrogen-bond donors (Lipinski definition) is 1. The fraction of sp³-hybridized carbons (Fsp3) is 0.300. The lowest BCUT2D eigenvalue weighted by Crippen LogP contribution is -1.93. The predicted molar refractivity (Wildman–Crippen MR) is 58.6 cm³/mol.